The molecule has 1 N–H and O–H groups in total. The van der Waals surface area contributed by atoms with Gasteiger partial charge in [-0.3, -0.25) is 14.4 Å². The summed E-state index contributed by atoms with van der Waals surface area (Å²) in [5, 5.41) is 1.91. The van der Waals surface area contributed by atoms with Crippen molar-refractivity contribution in [2.24, 2.45) is 5.92 Å². The number of carbonyl (C=O) groups excluding carboxylic acids is 2. The first-order chi connectivity index (χ1) is 15.1. The second kappa shape index (κ2) is 8.57. The van der Waals surface area contributed by atoms with Crippen molar-refractivity contribution in [3.05, 3.63) is 49.8 Å². The first kappa shape index (κ1) is 20.4. The third-order valence-corrected chi connectivity index (χ3v) is 7.77. The highest BCUT2D eigenvalue weighted by Gasteiger charge is 2.34. The Kier molecular flexibility index (Phi) is 5.65. The molecule has 2 aliphatic heterocycles. The molecular formula is C23H28N4O3S. The molecule has 1 unspecified atom stereocenters. The second-order valence-corrected chi connectivity index (χ2v) is 9.80. The molecule has 5 rings (SSSR count). The molecule has 2 aromatic rings. The van der Waals surface area contributed by atoms with E-state index < -0.39 is 0 Å². The van der Waals surface area contributed by atoms with Crippen molar-refractivity contribution in [3.63, 3.8) is 0 Å². The largest absolute Gasteiger partial charge is 0.337 e. The summed E-state index contributed by atoms with van der Waals surface area (Å²) in [6.45, 7) is 1.63. The molecule has 2 fully saturated rings. The van der Waals surface area contributed by atoms with E-state index in [0.717, 1.165) is 50.6 Å². The van der Waals surface area contributed by atoms with E-state index >= 15 is 0 Å². The molecule has 7 nitrogen and oxygen atoms in total. The van der Waals surface area contributed by atoms with Gasteiger partial charge in [0.15, 0.2) is 0 Å². The van der Waals surface area contributed by atoms with Gasteiger partial charge in [0.25, 0.3) is 11.5 Å². The molecular weight excluding hydrogens is 412 g/mol. The average Bonchev–Trinajstić information content (AvgIpc) is 3.52. The molecule has 4 heterocycles. The van der Waals surface area contributed by atoms with Crippen LogP contribution in [0.5, 0.6) is 0 Å². The zero-order valence-corrected chi connectivity index (χ0v) is 18.5. The van der Waals surface area contributed by atoms with Crippen LogP contribution < -0.4 is 5.56 Å². The van der Waals surface area contributed by atoms with Gasteiger partial charge in [-0.15, -0.1) is 11.3 Å². The number of aromatic amines is 1. The van der Waals surface area contributed by atoms with E-state index in [1.54, 1.807) is 0 Å². The minimum atomic E-state index is -0.209. The van der Waals surface area contributed by atoms with Gasteiger partial charge < -0.3 is 14.8 Å². The summed E-state index contributed by atoms with van der Waals surface area (Å²) in [5.74, 6) is 0.899. The summed E-state index contributed by atoms with van der Waals surface area (Å²) in [7, 11) is 0. The van der Waals surface area contributed by atoms with Gasteiger partial charge in [-0.25, -0.2) is 4.98 Å². The number of amides is 2. The van der Waals surface area contributed by atoms with E-state index in [4.69, 9.17) is 4.98 Å². The second-order valence-electron chi connectivity index (χ2n) is 8.86. The smallest absolute Gasteiger partial charge is 0.264 e. The third kappa shape index (κ3) is 3.93. The number of nitrogens with one attached hydrogen (secondary N) is 1. The van der Waals surface area contributed by atoms with Gasteiger partial charge in [-0.1, -0.05) is 18.9 Å². The number of hydrogen-bond acceptors (Lipinski definition) is 5. The zero-order chi connectivity index (χ0) is 21.4. The molecule has 0 radical (unpaired) electrons. The van der Waals surface area contributed by atoms with Crippen LogP contribution in [-0.4, -0.2) is 44.7 Å². The lowest BCUT2D eigenvalue weighted by atomic mass is 9.99. The summed E-state index contributed by atoms with van der Waals surface area (Å²) in [6, 6.07) is 3.52. The Labute approximate surface area is 185 Å². The quantitative estimate of drug-likeness (QED) is 0.794. The number of nitrogens with zero attached hydrogens (tertiary/aromatic N) is 3. The highest BCUT2D eigenvalue weighted by Crippen LogP contribution is 2.32. The van der Waals surface area contributed by atoms with Gasteiger partial charge in [-0.05, 0) is 43.6 Å². The van der Waals surface area contributed by atoms with Gasteiger partial charge >= 0.3 is 0 Å². The van der Waals surface area contributed by atoms with Crippen molar-refractivity contribution in [1.82, 2.24) is 19.8 Å². The number of rotatable bonds is 3. The number of aromatic nitrogens is 2. The molecule has 1 aliphatic carbocycles. The van der Waals surface area contributed by atoms with Crippen LogP contribution in [0.25, 0.3) is 0 Å². The molecule has 1 atom stereocenters. The lowest BCUT2D eigenvalue weighted by molar-refractivity contribution is -0.136. The van der Waals surface area contributed by atoms with Crippen LogP contribution in [0.1, 0.15) is 77.7 Å². The monoisotopic (exact) mass is 440 g/mol. The number of carbonyl (C=O) groups is 2. The van der Waals surface area contributed by atoms with Crippen LogP contribution in [0, 0.1) is 5.92 Å². The van der Waals surface area contributed by atoms with Crippen molar-refractivity contribution in [3.8, 4) is 0 Å². The van der Waals surface area contributed by atoms with Crippen LogP contribution in [0.3, 0.4) is 0 Å². The molecule has 0 aromatic carbocycles. The van der Waals surface area contributed by atoms with Gasteiger partial charge in [-0.2, -0.15) is 0 Å². The van der Waals surface area contributed by atoms with E-state index in [0.29, 0.717) is 42.3 Å². The Morgan fingerprint density at radius 2 is 1.90 bits per heavy atom. The fraction of sp³-hybridized carbons (Fsp3) is 0.565. The topological polar surface area (TPSA) is 86.4 Å². The van der Waals surface area contributed by atoms with E-state index in [-0.39, 0.29) is 29.3 Å². The predicted molar refractivity (Wildman–Crippen MR) is 118 cm³/mol. The summed E-state index contributed by atoms with van der Waals surface area (Å²) in [6.07, 6.45) is 7.52. The fourth-order valence-electron chi connectivity index (χ4n) is 5.22. The third-order valence-electron chi connectivity index (χ3n) is 6.91. The van der Waals surface area contributed by atoms with Gasteiger partial charge in [0.1, 0.15) is 5.82 Å². The average molecular weight is 441 g/mol. The molecule has 0 spiro atoms. The summed E-state index contributed by atoms with van der Waals surface area (Å²) >= 11 is 1.44. The minimum Gasteiger partial charge on any atom is -0.337 e. The van der Waals surface area contributed by atoms with Crippen LogP contribution in [0.4, 0.5) is 0 Å². The normalized spacial score (nSPS) is 21.9. The number of piperidine rings is 1. The number of H-pyrrole nitrogens is 1. The van der Waals surface area contributed by atoms with E-state index in [1.165, 1.54) is 11.3 Å². The van der Waals surface area contributed by atoms with Crippen LogP contribution in [0.2, 0.25) is 0 Å². The van der Waals surface area contributed by atoms with Gasteiger partial charge in [0.2, 0.25) is 5.91 Å². The first-order valence-electron chi connectivity index (χ1n) is 11.4. The summed E-state index contributed by atoms with van der Waals surface area (Å²) in [5.41, 5.74) is 1.22. The number of thiophene rings is 1. The number of likely N-dealkylation sites (tertiary alicyclic amines) is 1. The number of fused-ring (bicyclic) bond motifs is 1. The minimum absolute atomic E-state index is 0.00778. The summed E-state index contributed by atoms with van der Waals surface area (Å²) in [4.78, 5) is 51.0. The van der Waals surface area contributed by atoms with Crippen molar-refractivity contribution in [1.29, 1.82) is 0 Å². The highest BCUT2D eigenvalue weighted by atomic mass is 32.1. The molecule has 164 valence electrons. The molecule has 2 aromatic heterocycles. The molecule has 3 aliphatic rings. The first-order valence-corrected chi connectivity index (χ1v) is 12.2. The number of hydrogen-bond donors (Lipinski definition) is 1. The standard InChI is InChI=1S/C23H28N4O3S/c28-21-16-14-26(22(29)15-6-1-2-7-15)12-10-17(16)24-20(25-21)18-8-3-4-11-27(18)23(30)19-9-5-13-31-19/h5,9,13,15,18H,1-4,6-8,10-12,14H2,(H,24,25,28). The molecule has 2 amide bonds. The predicted octanol–water partition coefficient (Wildman–Crippen LogP) is 3.27. The molecule has 1 saturated heterocycles. The maximum Gasteiger partial charge on any atom is 0.264 e. The lowest BCUT2D eigenvalue weighted by Crippen LogP contribution is -2.43. The highest BCUT2D eigenvalue weighted by molar-refractivity contribution is 7.12. The van der Waals surface area contributed by atoms with Gasteiger partial charge in [0.05, 0.1) is 28.7 Å². The van der Waals surface area contributed by atoms with E-state index in [2.05, 4.69) is 4.98 Å². The van der Waals surface area contributed by atoms with E-state index in [9.17, 15) is 14.4 Å². The van der Waals surface area contributed by atoms with E-state index in [1.807, 2.05) is 27.3 Å². The molecule has 1 saturated carbocycles. The SMILES string of the molecule is O=C(C1CCCC1)N1CCc2nc(C3CCCCN3C(=O)c3cccs3)[nH]c(=O)c2C1. The molecule has 8 heteroatoms. The van der Waals surface area contributed by atoms with Crippen molar-refractivity contribution >= 4 is 23.2 Å². The van der Waals surface area contributed by atoms with Crippen molar-refractivity contribution in [2.45, 2.75) is 64.0 Å². The zero-order valence-electron chi connectivity index (χ0n) is 17.6. The Morgan fingerprint density at radius 1 is 1.10 bits per heavy atom. The Hall–Kier alpha value is -2.48. The van der Waals surface area contributed by atoms with Gasteiger partial charge in [0, 0.05) is 25.4 Å². The maximum atomic E-state index is 13.0. The Bertz CT molecular complexity index is 1030. The molecule has 31 heavy (non-hydrogen) atoms. The Balaban J connectivity index is 1.39. The van der Waals surface area contributed by atoms with Crippen LogP contribution in [0.15, 0.2) is 22.3 Å². The maximum absolute atomic E-state index is 13.0. The van der Waals surface area contributed by atoms with Crippen molar-refractivity contribution in [2.75, 3.05) is 13.1 Å². The Morgan fingerprint density at radius 3 is 2.68 bits per heavy atom. The summed E-state index contributed by atoms with van der Waals surface area (Å²) < 4.78 is 0. The molecule has 0 bridgehead atoms. The fourth-order valence-corrected chi connectivity index (χ4v) is 5.90. The lowest BCUT2D eigenvalue weighted by Gasteiger charge is -2.35. The van der Waals surface area contributed by atoms with Crippen LogP contribution in [-0.2, 0) is 17.8 Å². The van der Waals surface area contributed by atoms with Crippen molar-refractivity contribution < 1.29 is 9.59 Å². The van der Waals surface area contributed by atoms with Crippen LogP contribution >= 0.6 is 11.3 Å².